The van der Waals surface area contributed by atoms with Gasteiger partial charge in [0.2, 0.25) is 0 Å². The fraction of sp³-hybridized carbons (Fsp3) is 0.800. The highest BCUT2D eigenvalue weighted by Gasteiger charge is 2.40. The Morgan fingerprint density at radius 3 is 2.50 bits per heavy atom. The maximum Gasteiger partial charge on any atom is 0.303 e. The number of ether oxygens (including phenoxy) is 1. The van der Waals surface area contributed by atoms with Crippen molar-refractivity contribution in [1.82, 2.24) is 0 Å². The van der Waals surface area contributed by atoms with E-state index in [1.165, 1.54) is 6.92 Å². The van der Waals surface area contributed by atoms with Gasteiger partial charge in [-0.2, -0.15) is 0 Å². The van der Waals surface area contributed by atoms with Crippen molar-refractivity contribution in [3.63, 3.8) is 0 Å². The molecule has 1 saturated carbocycles. The van der Waals surface area contributed by atoms with E-state index in [1.807, 2.05) is 0 Å². The average Bonchev–Trinajstić information content (AvgIpc) is 2.17. The first-order chi connectivity index (χ1) is 3.70. The van der Waals surface area contributed by atoms with Crippen LogP contribution in [0.2, 0.25) is 0 Å². The highest BCUT2D eigenvalue weighted by Crippen LogP contribution is 2.28. The Balaban J connectivity index is 2.14. The number of halogens is 1. The molecule has 2 unspecified atom stereocenters. The van der Waals surface area contributed by atoms with Gasteiger partial charge in [-0.3, -0.25) is 4.79 Å². The number of hydrogen-bond donors (Lipinski definition) is 0. The van der Waals surface area contributed by atoms with Crippen LogP contribution >= 0.6 is 0 Å². The molecule has 0 aromatic rings. The molecule has 2 atom stereocenters. The lowest BCUT2D eigenvalue weighted by molar-refractivity contribution is -0.142. The molecule has 0 bridgehead atoms. The third kappa shape index (κ3) is 1.18. The summed E-state index contributed by atoms with van der Waals surface area (Å²) in [5, 5.41) is 0. The summed E-state index contributed by atoms with van der Waals surface area (Å²) in [6, 6.07) is 0. The Morgan fingerprint density at radius 2 is 2.38 bits per heavy atom. The summed E-state index contributed by atoms with van der Waals surface area (Å²) < 4.78 is 16.3. The van der Waals surface area contributed by atoms with E-state index in [1.54, 1.807) is 0 Å². The molecule has 1 rings (SSSR count). The minimum atomic E-state index is -0.890. The van der Waals surface area contributed by atoms with Crippen LogP contribution in [0.15, 0.2) is 0 Å². The predicted molar refractivity (Wildman–Crippen MR) is 25.1 cm³/mol. The number of esters is 1. The Bertz CT molecular complexity index is 113. The van der Waals surface area contributed by atoms with E-state index < -0.39 is 18.2 Å². The molecule has 3 heteroatoms. The fourth-order valence-electron chi connectivity index (χ4n) is 0.478. The third-order valence-corrected chi connectivity index (χ3v) is 0.975. The van der Waals surface area contributed by atoms with E-state index in [0.717, 1.165) is 0 Å². The van der Waals surface area contributed by atoms with Crippen molar-refractivity contribution in [3.05, 3.63) is 0 Å². The summed E-state index contributed by atoms with van der Waals surface area (Å²) >= 11 is 0. The van der Waals surface area contributed by atoms with Crippen LogP contribution in [0, 0.1) is 0 Å². The van der Waals surface area contributed by atoms with Gasteiger partial charge in [0, 0.05) is 13.3 Å². The zero-order valence-electron chi connectivity index (χ0n) is 4.56. The molecule has 0 radical (unpaired) electrons. The molecule has 0 amide bonds. The van der Waals surface area contributed by atoms with Gasteiger partial charge in [0.1, 0.15) is 12.3 Å². The molecule has 0 N–H and O–H groups in total. The van der Waals surface area contributed by atoms with Gasteiger partial charge in [0.25, 0.3) is 0 Å². The minimum absolute atomic E-state index is 0.388. The molecule has 1 aliphatic rings. The summed E-state index contributed by atoms with van der Waals surface area (Å²) in [5.74, 6) is -0.393. The zero-order valence-corrected chi connectivity index (χ0v) is 4.56. The number of alkyl halides is 1. The lowest BCUT2D eigenvalue weighted by Gasteiger charge is -1.93. The number of hydrogen-bond acceptors (Lipinski definition) is 2. The second kappa shape index (κ2) is 1.73. The topological polar surface area (TPSA) is 26.3 Å². The van der Waals surface area contributed by atoms with Crippen molar-refractivity contribution in [3.8, 4) is 0 Å². The van der Waals surface area contributed by atoms with E-state index in [4.69, 9.17) is 0 Å². The Morgan fingerprint density at radius 1 is 1.88 bits per heavy atom. The molecule has 0 heterocycles. The SMILES string of the molecule is CC(=O)OC1CC1F. The summed E-state index contributed by atoms with van der Waals surface area (Å²) in [7, 11) is 0. The fourth-order valence-corrected chi connectivity index (χ4v) is 0.478. The monoisotopic (exact) mass is 118 g/mol. The first-order valence-electron chi connectivity index (χ1n) is 2.51. The molecule has 0 spiro atoms. The molecular formula is C5H7FO2. The third-order valence-electron chi connectivity index (χ3n) is 0.975. The lowest BCUT2D eigenvalue weighted by Crippen LogP contribution is -2.02. The van der Waals surface area contributed by atoms with Gasteiger partial charge >= 0.3 is 5.97 Å². The molecule has 0 aromatic heterocycles. The van der Waals surface area contributed by atoms with Gasteiger partial charge in [-0.1, -0.05) is 0 Å². The molecule has 0 aromatic carbocycles. The Hall–Kier alpha value is -0.600. The van der Waals surface area contributed by atoms with Crippen molar-refractivity contribution < 1.29 is 13.9 Å². The molecular weight excluding hydrogens is 111 g/mol. The molecule has 46 valence electrons. The van der Waals surface area contributed by atoms with E-state index in [9.17, 15) is 9.18 Å². The minimum Gasteiger partial charge on any atom is -0.459 e. The van der Waals surface area contributed by atoms with Gasteiger partial charge < -0.3 is 4.74 Å². The smallest absolute Gasteiger partial charge is 0.303 e. The Kier molecular flexibility index (Phi) is 1.19. The van der Waals surface area contributed by atoms with Crippen molar-refractivity contribution in [2.75, 3.05) is 0 Å². The standard InChI is InChI=1S/C5H7FO2/c1-3(7)8-5-2-4(5)6/h4-5H,2H2,1H3. The summed E-state index contributed by atoms with van der Waals surface area (Å²) in [6.45, 7) is 1.28. The van der Waals surface area contributed by atoms with Crippen LogP contribution in [-0.2, 0) is 9.53 Å². The molecule has 1 fully saturated rings. The maximum atomic E-state index is 11.9. The number of carbonyl (C=O) groups is 1. The largest absolute Gasteiger partial charge is 0.459 e. The van der Waals surface area contributed by atoms with Crippen LogP contribution in [0.1, 0.15) is 13.3 Å². The van der Waals surface area contributed by atoms with Crippen LogP contribution in [0.4, 0.5) is 4.39 Å². The van der Waals surface area contributed by atoms with E-state index >= 15 is 0 Å². The van der Waals surface area contributed by atoms with E-state index in [-0.39, 0.29) is 0 Å². The number of carbonyl (C=O) groups excluding carboxylic acids is 1. The van der Waals surface area contributed by atoms with Crippen LogP contribution in [-0.4, -0.2) is 18.2 Å². The van der Waals surface area contributed by atoms with Crippen molar-refractivity contribution >= 4 is 5.97 Å². The summed E-state index contributed by atoms with van der Waals surface area (Å²) in [6.07, 6.45) is -0.925. The normalized spacial score (nSPS) is 34.2. The van der Waals surface area contributed by atoms with Crippen LogP contribution in [0.5, 0.6) is 0 Å². The van der Waals surface area contributed by atoms with Gasteiger partial charge in [0.05, 0.1) is 0 Å². The first-order valence-corrected chi connectivity index (χ1v) is 2.51. The van der Waals surface area contributed by atoms with Crippen LogP contribution in [0.25, 0.3) is 0 Å². The quantitative estimate of drug-likeness (QED) is 0.473. The maximum absolute atomic E-state index is 11.9. The van der Waals surface area contributed by atoms with Gasteiger partial charge in [-0.05, 0) is 0 Å². The van der Waals surface area contributed by atoms with Crippen LogP contribution in [0.3, 0.4) is 0 Å². The second-order valence-corrected chi connectivity index (χ2v) is 1.90. The molecule has 8 heavy (non-hydrogen) atoms. The second-order valence-electron chi connectivity index (χ2n) is 1.90. The van der Waals surface area contributed by atoms with E-state index in [2.05, 4.69) is 4.74 Å². The van der Waals surface area contributed by atoms with Crippen LogP contribution < -0.4 is 0 Å². The van der Waals surface area contributed by atoms with Crippen molar-refractivity contribution in [1.29, 1.82) is 0 Å². The lowest BCUT2D eigenvalue weighted by atomic mass is 10.7. The first kappa shape index (κ1) is 5.54. The van der Waals surface area contributed by atoms with Gasteiger partial charge in [-0.25, -0.2) is 4.39 Å². The van der Waals surface area contributed by atoms with Crippen molar-refractivity contribution in [2.24, 2.45) is 0 Å². The predicted octanol–water partition coefficient (Wildman–Crippen LogP) is 0.660. The average molecular weight is 118 g/mol. The number of rotatable bonds is 1. The molecule has 2 nitrogen and oxygen atoms in total. The molecule has 1 aliphatic carbocycles. The highest BCUT2D eigenvalue weighted by molar-refractivity contribution is 5.66. The Labute approximate surface area is 46.6 Å². The van der Waals surface area contributed by atoms with Gasteiger partial charge in [-0.15, -0.1) is 0 Å². The zero-order chi connectivity index (χ0) is 6.15. The molecule has 0 saturated heterocycles. The van der Waals surface area contributed by atoms with Crippen molar-refractivity contribution in [2.45, 2.75) is 25.6 Å². The van der Waals surface area contributed by atoms with E-state index in [0.29, 0.717) is 6.42 Å². The molecule has 0 aliphatic heterocycles. The van der Waals surface area contributed by atoms with Gasteiger partial charge in [0.15, 0.2) is 0 Å². The highest BCUT2D eigenvalue weighted by atomic mass is 19.1. The summed E-state index contributed by atoms with van der Waals surface area (Å²) in [4.78, 5) is 10.1. The summed E-state index contributed by atoms with van der Waals surface area (Å²) in [5.41, 5.74) is 0.